The molecule has 1 fully saturated rings. The van der Waals surface area contributed by atoms with Crippen LogP contribution in [0.3, 0.4) is 0 Å². The van der Waals surface area contributed by atoms with Gasteiger partial charge in [0.25, 0.3) is 4.06 Å². The number of carbonyl (C=O) groups is 1. The average molecular weight is 362 g/mol. The van der Waals surface area contributed by atoms with Gasteiger partial charge in [0.15, 0.2) is 0 Å². The summed E-state index contributed by atoms with van der Waals surface area (Å²) >= 11 is 2.21. The third-order valence-corrected chi connectivity index (χ3v) is 8.08. The second-order valence-electron chi connectivity index (χ2n) is 5.04. The SMILES string of the molecule is O=C(O)N1CCN(S(=O)(=O)C2C=c3sc(=O)sc3=CC2)CC1. The Labute approximate surface area is 134 Å². The summed E-state index contributed by atoms with van der Waals surface area (Å²) in [5, 5.41) is 8.23. The van der Waals surface area contributed by atoms with Crippen molar-refractivity contribution in [2.45, 2.75) is 11.7 Å². The molecular formula is C12H14N2O5S3. The van der Waals surface area contributed by atoms with E-state index in [0.717, 1.165) is 31.7 Å². The van der Waals surface area contributed by atoms with Gasteiger partial charge in [-0.15, -0.1) is 0 Å². The van der Waals surface area contributed by atoms with Crippen LogP contribution in [-0.4, -0.2) is 60.3 Å². The lowest BCUT2D eigenvalue weighted by molar-refractivity contribution is 0.126. The van der Waals surface area contributed by atoms with E-state index in [9.17, 15) is 18.0 Å². The molecule has 1 unspecified atom stereocenters. The number of rotatable bonds is 2. The van der Waals surface area contributed by atoms with Crippen LogP contribution in [0.15, 0.2) is 4.79 Å². The van der Waals surface area contributed by atoms with Gasteiger partial charge >= 0.3 is 6.09 Å². The molecule has 0 radical (unpaired) electrons. The van der Waals surface area contributed by atoms with E-state index in [2.05, 4.69) is 0 Å². The highest BCUT2D eigenvalue weighted by Crippen LogP contribution is 2.18. The van der Waals surface area contributed by atoms with Crippen molar-refractivity contribution in [3.8, 4) is 0 Å². The van der Waals surface area contributed by atoms with Crippen molar-refractivity contribution in [2.75, 3.05) is 26.2 Å². The minimum absolute atomic E-state index is 0.0365. The molecule has 120 valence electrons. The van der Waals surface area contributed by atoms with Gasteiger partial charge in [-0.25, -0.2) is 13.2 Å². The lowest BCUT2D eigenvalue weighted by Crippen LogP contribution is -2.52. The van der Waals surface area contributed by atoms with Crippen LogP contribution in [0.1, 0.15) is 6.42 Å². The van der Waals surface area contributed by atoms with Gasteiger partial charge in [0, 0.05) is 35.2 Å². The van der Waals surface area contributed by atoms with Crippen molar-refractivity contribution >= 4 is 50.9 Å². The summed E-state index contributed by atoms with van der Waals surface area (Å²) in [5.41, 5.74) is 0. The number of amides is 1. The van der Waals surface area contributed by atoms with E-state index in [1.165, 1.54) is 9.21 Å². The van der Waals surface area contributed by atoms with Crippen LogP contribution < -0.4 is 13.1 Å². The summed E-state index contributed by atoms with van der Waals surface area (Å²) in [6, 6.07) is 0. The Bertz CT molecular complexity index is 861. The fraction of sp³-hybridized carbons (Fsp3) is 0.500. The smallest absolute Gasteiger partial charge is 0.407 e. The molecule has 1 amide bonds. The Hall–Kier alpha value is -1.23. The van der Waals surface area contributed by atoms with Crippen molar-refractivity contribution in [3.63, 3.8) is 0 Å². The van der Waals surface area contributed by atoms with Gasteiger partial charge in [0.05, 0.1) is 5.25 Å². The van der Waals surface area contributed by atoms with Gasteiger partial charge in [-0.1, -0.05) is 28.7 Å². The molecule has 2 aliphatic rings. The van der Waals surface area contributed by atoms with E-state index in [4.69, 9.17) is 5.11 Å². The first-order chi connectivity index (χ1) is 10.4. The molecule has 1 aromatic rings. The molecule has 0 spiro atoms. The van der Waals surface area contributed by atoms with E-state index >= 15 is 0 Å². The third kappa shape index (κ3) is 2.83. The molecule has 1 aliphatic carbocycles. The van der Waals surface area contributed by atoms with E-state index in [1.807, 2.05) is 0 Å². The van der Waals surface area contributed by atoms with Crippen LogP contribution >= 0.6 is 22.7 Å². The number of carboxylic acid groups (broad SMARTS) is 1. The standard InChI is InChI=1S/C12H14N2O5S3/c15-11(16)13-3-5-14(6-4-13)22(18,19)8-1-2-9-10(7-8)21-12(17)20-9/h2,7-8H,1,3-6H2,(H,15,16). The van der Waals surface area contributed by atoms with E-state index in [0.29, 0.717) is 6.42 Å². The van der Waals surface area contributed by atoms with Crippen LogP contribution in [0.4, 0.5) is 4.79 Å². The largest absolute Gasteiger partial charge is 0.465 e. The molecule has 1 atom stereocenters. The highest BCUT2D eigenvalue weighted by Gasteiger charge is 2.34. The van der Waals surface area contributed by atoms with Gasteiger partial charge in [-0.05, 0) is 12.5 Å². The van der Waals surface area contributed by atoms with Crippen LogP contribution in [0.25, 0.3) is 12.2 Å². The molecule has 10 heteroatoms. The first kappa shape index (κ1) is 15.7. The van der Waals surface area contributed by atoms with Gasteiger partial charge in [-0.3, -0.25) is 4.79 Å². The Morgan fingerprint density at radius 1 is 1.18 bits per heavy atom. The zero-order valence-electron chi connectivity index (χ0n) is 11.5. The van der Waals surface area contributed by atoms with Gasteiger partial charge < -0.3 is 10.0 Å². The topological polar surface area (TPSA) is 95.0 Å². The molecule has 3 rings (SSSR count). The predicted octanol–water partition coefficient (Wildman–Crippen LogP) is -0.871. The van der Waals surface area contributed by atoms with Crippen LogP contribution in [0.2, 0.25) is 0 Å². The zero-order valence-corrected chi connectivity index (χ0v) is 13.9. The average Bonchev–Trinajstić information content (AvgIpc) is 2.86. The summed E-state index contributed by atoms with van der Waals surface area (Å²) in [6.07, 6.45) is 2.77. The highest BCUT2D eigenvalue weighted by molar-refractivity contribution is 7.90. The maximum absolute atomic E-state index is 12.7. The molecule has 0 saturated carbocycles. The van der Waals surface area contributed by atoms with Crippen molar-refractivity contribution in [3.05, 3.63) is 17.9 Å². The second-order valence-corrected chi connectivity index (χ2v) is 9.48. The first-order valence-corrected chi connectivity index (χ1v) is 9.80. The molecule has 0 bridgehead atoms. The van der Waals surface area contributed by atoms with Gasteiger partial charge in [-0.2, -0.15) is 4.31 Å². The predicted molar refractivity (Wildman–Crippen MR) is 85.1 cm³/mol. The first-order valence-electron chi connectivity index (χ1n) is 6.67. The Morgan fingerprint density at radius 2 is 1.82 bits per heavy atom. The van der Waals surface area contributed by atoms with Crippen molar-refractivity contribution in [1.29, 1.82) is 0 Å². The maximum atomic E-state index is 12.7. The summed E-state index contributed by atoms with van der Waals surface area (Å²) in [4.78, 5) is 23.5. The lowest BCUT2D eigenvalue weighted by atomic mass is 10.2. The number of hydrogen-bond donors (Lipinski definition) is 1. The minimum atomic E-state index is -3.53. The summed E-state index contributed by atoms with van der Waals surface area (Å²) in [7, 11) is -3.53. The van der Waals surface area contributed by atoms with Gasteiger partial charge in [0.1, 0.15) is 0 Å². The van der Waals surface area contributed by atoms with Gasteiger partial charge in [0.2, 0.25) is 10.0 Å². The summed E-state index contributed by atoms with van der Waals surface area (Å²) < 4.78 is 28.2. The quantitative estimate of drug-likeness (QED) is 0.738. The summed E-state index contributed by atoms with van der Waals surface area (Å²) in [6.45, 7) is 0.710. The van der Waals surface area contributed by atoms with E-state index in [-0.39, 0.29) is 30.2 Å². The van der Waals surface area contributed by atoms with E-state index in [1.54, 1.807) is 12.2 Å². The molecule has 1 aliphatic heterocycles. The van der Waals surface area contributed by atoms with Crippen molar-refractivity contribution < 1.29 is 18.3 Å². The molecule has 7 nitrogen and oxygen atoms in total. The third-order valence-electron chi connectivity index (χ3n) is 3.75. The van der Waals surface area contributed by atoms with Crippen LogP contribution in [0, 0.1) is 0 Å². The second kappa shape index (κ2) is 5.76. The number of fused-ring (bicyclic) bond motifs is 1. The fourth-order valence-corrected chi connectivity index (χ4v) is 6.42. The monoisotopic (exact) mass is 362 g/mol. The Kier molecular flexibility index (Phi) is 4.10. The number of piperazine rings is 1. The molecule has 0 aromatic carbocycles. The van der Waals surface area contributed by atoms with Crippen LogP contribution in [-0.2, 0) is 10.0 Å². The Balaban J connectivity index is 1.81. The van der Waals surface area contributed by atoms with Crippen molar-refractivity contribution in [1.82, 2.24) is 9.21 Å². The van der Waals surface area contributed by atoms with E-state index < -0.39 is 21.4 Å². The highest BCUT2D eigenvalue weighted by atomic mass is 32.2. The number of nitrogens with zero attached hydrogens (tertiary/aromatic N) is 2. The molecule has 22 heavy (non-hydrogen) atoms. The lowest BCUT2D eigenvalue weighted by Gasteiger charge is -2.34. The fourth-order valence-electron chi connectivity index (χ4n) is 2.55. The normalized spacial score (nSPS) is 22.5. The zero-order chi connectivity index (χ0) is 15.9. The number of sulfonamides is 1. The molecule has 1 saturated heterocycles. The minimum Gasteiger partial charge on any atom is -0.465 e. The Morgan fingerprint density at radius 3 is 2.45 bits per heavy atom. The molecule has 1 aromatic heterocycles. The molecule has 2 heterocycles. The summed E-state index contributed by atoms with van der Waals surface area (Å²) in [5.74, 6) is 0. The number of hydrogen-bond acceptors (Lipinski definition) is 6. The van der Waals surface area contributed by atoms with Crippen LogP contribution in [0.5, 0.6) is 0 Å². The maximum Gasteiger partial charge on any atom is 0.407 e. The molecule has 1 N–H and O–H groups in total. The molecular weight excluding hydrogens is 348 g/mol. The van der Waals surface area contributed by atoms with Crippen molar-refractivity contribution in [2.24, 2.45) is 0 Å².